The van der Waals surface area contributed by atoms with Crippen molar-refractivity contribution < 1.29 is 14.4 Å². The van der Waals surface area contributed by atoms with Gasteiger partial charge in [-0.15, -0.1) is 0 Å². The highest BCUT2D eigenvalue weighted by Gasteiger charge is 2.55. The number of carbonyl (C=O) groups is 3. The van der Waals surface area contributed by atoms with Crippen LogP contribution in [0.2, 0.25) is 5.02 Å². The SMILES string of the molecule is O=C(CN1C(=O)NC2(CCc3ccccc32)C1=O)Nc1nc2ccc(Cl)cc2s1. The van der Waals surface area contributed by atoms with E-state index in [4.69, 9.17) is 11.6 Å². The molecule has 9 heteroatoms. The van der Waals surface area contributed by atoms with Gasteiger partial charge in [0.15, 0.2) is 5.13 Å². The fourth-order valence-corrected chi connectivity index (χ4v) is 5.15. The standard InChI is InChI=1S/C20H15ClN4O3S/c21-12-5-6-14-15(9-12)29-18(22-14)23-16(26)10-25-17(27)20(24-19(25)28)8-7-11-3-1-2-4-13(11)20/h1-6,9H,7-8,10H2,(H,24,28)(H,22,23,26). The summed E-state index contributed by atoms with van der Waals surface area (Å²) in [4.78, 5) is 43.4. The van der Waals surface area contributed by atoms with Crippen LogP contribution in [0.1, 0.15) is 17.5 Å². The minimum Gasteiger partial charge on any atom is -0.319 e. The Morgan fingerprint density at radius 3 is 2.97 bits per heavy atom. The van der Waals surface area contributed by atoms with Gasteiger partial charge in [0.2, 0.25) is 5.91 Å². The fourth-order valence-electron chi connectivity index (χ4n) is 3.99. The lowest BCUT2D eigenvalue weighted by Gasteiger charge is -2.22. The first-order valence-corrected chi connectivity index (χ1v) is 10.2. The van der Waals surface area contributed by atoms with Crippen molar-refractivity contribution in [3.8, 4) is 0 Å². The normalized spacial score (nSPS) is 20.4. The highest BCUT2D eigenvalue weighted by atomic mass is 35.5. The van der Waals surface area contributed by atoms with Crippen molar-refractivity contribution in [1.82, 2.24) is 15.2 Å². The van der Waals surface area contributed by atoms with Gasteiger partial charge in [0.25, 0.3) is 5.91 Å². The van der Waals surface area contributed by atoms with E-state index >= 15 is 0 Å². The molecule has 1 aromatic heterocycles. The quantitative estimate of drug-likeness (QED) is 0.629. The summed E-state index contributed by atoms with van der Waals surface area (Å²) in [6.45, 7) is -0.370. The predicted octanol–water partition coefficient (Wildman–Crippen LogP) is 3.28. The number of carbonyl (C=O) groups excluding carboxylic acids is 3. The Morgan fingerprint density at radius 1 is 1.28 bits per heavy atom. The van der Waals surface area contributed by atoms with E-state index in [1.165, 1.54) is 11.3 Å². The summed E-state index contributed by atoms with van der Waals surface area (Å²) in [5.74, 6) is -0.874. The molecule has 1 unspecified atom stereocenters. The maximum absolute atomic E-state index is 13.1. The molecule has 1 fully saturated rings. The van der Waals surface area contributed by atoms with Crippen LogP contribution in [0.5, 0.6) is 0 Å². The number of urea groups is 1. The van der Waals surface area contributed by atoms with E-state index in [1.807, 2.05) is 24.3 Å². The van der Waals surface area contributed by atoms with Crippen LogP contribution in [-0.4, -0.2) is 34.3 Å². The monoisotopic (exact) mass is 426 g/mol. The van der Waals surface area contributed by atoms with E-state index in [0.717, 1.165) is 20.7 Å². The summed E-state index contributed by atoms with van der Waals surface area (Å²) in [6.07, 6.45) is 1.20. The van der Waals surface area contributed by atoms with Gasteiger partial charge >= 0.3 is 6.03 Å². The summed E-state index contributed by atoms with van der Waals surface area (Å²) in [6, 6.07) is 12.3. The second-order valence-electron chi connectivity index (χ2n) is 7.06. The van der Waals surface area contributed by atoms with Crippen LogP contribution in [0, 0.1) is 0 Å². The zero-order valence-corrected chi connectivity index (χ0v) is 16.6. The first-order valence-electron chi connectivity index (χ1n) is 9.05. The number of rotatable bonds is 3. The molecule has 1 aliphatic heterocycles. The van der Waals surface area contributed by atoms with E-state index in [-0.39, 0.29) is 6.54 Å². The van der Waals surface area contributed by atoms with Crippen LogP contribution in [0.4, 0.5) is 9.93 Å². The number of hydrogen-bond acceptors (Lipinski definition) is 5. The summed E-state index contributed by atoms with van der Waals surface area (Å²) in [5, 5.41) is 6.45. The van der Waals surface area contributed by atoms with Gasteiger partial charge in [0, 0.05) is 5.02 Å². The molecule has 1 atom stereocenters. The molecule has 0 saturated carbocycles. The maximum atomic E-state index is 13.1. The summed E-state index contributed by atoms with van der Waals surface area (Å²) < 4.78 is 0.837. The Labute approximate surface area is 174 Å². The molecule has 3 aromatic rings. The Bertz CT molecular complexity index is 1190. The zero-order valence-electron chi connectivity index (χ0n) is 15.1. The number of nitrogens with one attached hydrogen (secondary N) is 2. The first kappa shape index (κ1) is 18.1. The fraction of sp³-hybridized carbons (Fsp3) is 0.200. The average Bonchev–Trinajstić information content (AvgIpc) is 3.33. The Hall–Kier alpha value is -2.97. The molecule has 1 saturated heterocycles. The van der Waals surface area contributed by atoms with E-state index < -0.39 is 23.4 Å². The third-order valence-corrected chi connectivity index (χ3v) is 6.49. The molecule has 1 aliphatic carbocycles. The third-order valence-electron chi connectivity index (χ3n) is 5.32. The van der Waals surface area contributed by atoms with Crippen molar-refractivity contribution in [2.75, 3.05) is 11.9 Å². The smallest absolute Gasteiger partial charge is 0.319 e. The van der Waals surface area contributed by atoms with Gasteiger partial charge in [0.1, 0.15) is 12.1 Å². The van der Waals surface area contributed by atoms with Crippen molar-refractivity contribution in [3.63, 3.8) is 0 Å². The molecule has 2 heterocycles. The number of fused-ring (bicyclic) bond motifs is 3. The Kier molecular flexibility index (Phi) is 4.07. The maximum Gasteiger partial charge on any atom is 0.325 e. The van der Waals surface area contributed by atoms with Crippen LogP contribution < -0.4 is 10.6 Å². The highest BCUT2D eigenvalue weighted by molar-refractivity contribution is 7.22. The molecule has 5 rings (SSSR count). The summed E-state index contributed by atoms with van der Waals surface area (Å²) >= 11 is 7.25. The van der Waals surface area contributed by atoms with Crippen LogP contribution in [0.15, 0.2) is 42.5 Å². The molecule has 2 N–H and O–H groups in total. The number of nitrogens with zero attached hydrogens (tertiary/aromatic N) is 2. The van der Waals surface area contributed by atoms with Gasteiger partial charge in [-0.3, -0.25) is 14.5 Å². The first-order chi connectivity index (χ1) is 14.0. The van der Waals surface area contributed by atoms with Crippen molar-refractivity contribution >= 4 is 56.1 Å². The Morgan fingerprint density at radius 2 is 2.10 bits per heavy atom. The largest absolute Gasteiger partial charge is 0.325 e. The van der Waals surface area contributed by atoms with E-state index in [0.29, 0.717) is 28.5 Å². The minimum atomic E-state index is -1.07. The van der Waals surface area contributed by atoms with E-state index in [1.54, 1.807) is 18.2 Å². The number of aryl methyl sites for hydroxylation is 1. The molecule has 4 amide bonds. The molecule has 0 bridgehead atoms. The zero-order chi connectivity index (χ0) is 20.2. The molecule has 1 spiro atoms. The number of amides is 4. The second kappa shape index (κ2) is 6.53. The van der Waals surface area contributed by atoms with E-state index in [2.05, 4.69) is 15.6 Å². The number of imide groups is 1. The highest BCUT2D eigenvalue weighted by Crippen LogP contribution is 2.41. The topological polar surface area (TPSA) is 91.4 Å². The molecule has 146 valence electrons. The van der Waals surface area contributed by atoms with Crippen LogP contribution >= 0.6 is 22.9 Å². The third kappa shape index (κ3) is 2.87. The van der Waals surface area contributed by atoms with Crippen molar-refractivity contribution in [3.05, 3.63) is 58.6 Å². The lowest BCUT2D eigenvalue weighted by Crippen LogP contribution is -2.42. The van der Waals surface area contributed by atoms with E-state index in [9.17, 15) is 14.4 Å². The van der Waals surface area contributed by atoms with Gasteiger partial charge in [-0.25, -0.2) is 9.78 Å². The number of benzene rings is 2. The van der Waals surface area contributed by atoms with Gasteiger partial charge in [-0.05, 0) is 42.2 Å². The number of thiazole rings is 1. The lowest BCUT2D eigenvalue weighted by atomic mass is 9.92. The predicted molar refractivity (Wildman–Crippen MR) is 110 cm³/mol. The molecule has 2 aliphatic rings. The molecular weight excluding hydrogens is 412 g/mol. The van der Waals surface area contributed by atoms with Crippen LogP contribution in [0.25, 0.3) is 10.2 Å². The van der Waals surface area contributed by atoms with Crippen molar-refractivity contribution in [1.29, 1.82) is 0 Å². The van der Waals surface area contributed by atoms with Gasteiger partial charge in [-0.1, -0.05) is 47.2 Å². The van der Waals surface area contributed by atoms with Crippen LogP contribution in [0.3, 0.4) is 0 Å². The van der Waals surface area contributed by atoms with Gasteiger partial charge in [-0.2, -0.15) is 0 Å². The molecule has 0 radical (unpaired) electrons. The minimum absolute atomic E-state index is 0.370. The summed E-state index contributed by atoms with van der Waals surface area (Å²) in [7, 11) is 0. The molecular formula is C20H15ClN4O3S. The average molecular weight is 427 g/mol. The lowest BCUT2D eigenvalue weighted by molar-refractivity contribution is -0.134. The van der Waals surface area contributed by atoms with Crippen LogP contribution in [-0.2, 0) is 21.5 Å². The van der Waals surface area contributed by atoms with Crippen molar-refractivity contribution in [2.45, 2.75) is 18.4 Å². The molecule has 2 aromatic carbocycles. The molecule has 29 heavy (non-hydrogen) atoms. The van der Waals surface area contributed by atoms with Gasteiger partial charge in [0.05, 0.1) is 10.2 Å². The number of halogens is 1. The number of anilines is 1. The summed E-state index contributed by atoms with van der Waals surface area (Å²) in [5.41, 5.74) is 1.50. The number of aromatic nitrogens is 1. The molecule has 7 nitrogen and oxygen atoms in total. The Balaban J connectivity index is 1.34. The number of hydrogen-bond donors (Lipinski definition) is 2. The van der Waals surface area contributed by atoms with Crippen molar-refractivity contribution in [2.24, 2.45) is 0 Å². The second-order valence-corrected chi connectivity index (χ2v) is 8.53. The van der Waals surface area contributed by atoms with Gasteiger partial charge < -0.3 is 10.6 Å².